The van der Waals surface area contributed by atoms with Gasteiger partial charge in [0.1, 0.15) is 0 Å². The van der Waals surface area contributed by atoms with Gasteiger partial charge in [-0.3, -0.25) is 4.79 Å². The number of rotatable bonds is 4. The average molecular weight is 374 g/mol. The molecule has 0 bridgehead atoms. The Kier molecular flexibility index (Phi) is 5.13. The molecule has 1 heterocycles. The van der Waals surface area contributed by atoms with Crippen molar-refractivity contribution in [3.63, 3.8) is 0 Å². The summed E-state index contributed by atoms with van der Waals surface area (Å²) < 4.78 is 6.35. The Bertz CT molecular complexity index is 666. The van der Waals surface area contributed by atoms with Gasteiger partial charge in [-0.15, -0.1) is 0 Å². The van der Waals surface area contributed by atoms with Crippen LogP contribution in [0.15, 0.2) is 59.1 Å². The van der Waals surface area contributed by atoms with E-state index in [1.54, 1.807) is 0 Å². The Balaban J connectivity index is 1.78. The number of nitrogens with one attached hydrogen (secondary N) is 1. The molecule has 1 saturated heterocycles. The van der Waals surface area contributed by atoms with E-state index >= 15 is 0 Å². The summed E-state index contributed by atoms with van der Waals surface area (Å²) in [5, 5.41) is 3.12. The molecule has 1 aliphatic heterocycles. The fourth-order valence-electron chi connectivity index (χ4n) is 3.11. The van der Waals surface area contributed by atoms with Crippen LogP contribution in [0, 0.1) is 0 Å². The first-order chi connectivity index (χ1) is 11.2. The predicted molar refractivity (Wildman–Crippen MR) is 94.6 cm³/mol. The molecule has 0 aliphatic carbocycles. The van der Waals surface area contributed by atoms with Gasteiger partial charge in [0.2, 0.25) is 0 Å². The van der Waals surface area contributed by atoms with E-state index in [1.165, 1.54) is 5.56 Å². The zero-order valence-corrected chi connectivity index (χ0v) is 14.5. The summed E-state index contributed by atoms with van der Waals surface area (Å²) in [5.41, 5.74) is 1.90. The average Bonchev–Trinajstić information content (AvgIpc) is 2.62. The largest absolute Gasteiger partial charge is 0.381 e. The van der Waals surface area contributed by atoms with Crippen LogP contribution in [0.4, 0.5) is 0 Å². The summed E-state index contributed by atoms with van der Waals surface area (Å²) in [7, 11) is 0. The minimum Gasteiger partial charge on any atom is -0.381 e. The van der Waals surface area contributed by atoms with E-state index in [9.17, 15) is 4.79 Å². The van der Waals surface area contributed by atoms with Crippen molar-refractivity contribution in [2.45, 2.75) is 18.3 Å². The highest BCUT2D eigenvalue weighted by Crippen LogP contribution is 2.34. The molecule has 2 aromatic rings. The van der Waals surface area contributed by atoms with Gasteiger partial charge in [0.05, 0.1) is 5.56 Å². The molecule has 120 valence electrons. The van der Waals surface area contributed by atoms with Crippen molar-refractivity contribution in [3.05, 3.63) is 70.2 Å². The van der Waals surface area contributed by atoms with Gasteiger partial charge in [-0.05, 0) is 46.5 Å². The molecule has 3 nitrogen and oxygen atoms in total. The molecule has 0 aromatic heterocycles. The van der Waals surface area contributed by atoms with E-state index in [0.29, 0.717) is 12.1 Å². The Labute approximate surface area is 145 Å². The second kappa shape index (κ2) is 7.28. The molecule has 0 atom stereocenters. The number of ether oxygens (including phenoxy) is 1. The quantitative estimate of drug-likeness (QED) is 0.881. The number of hydrogen-bond acceptors (Lipinski definition) is 2. The lowest BCUT2D eigenvalue weighted by Crippen LogP contribution is -2.44. The van der Waals surface area contributed by atoms with Crippen LogP contribution in [-0.4, -0.2) is 25.7 Å². The molecule has 4 heteroatoms. The van der Waals surface area contributed by atoms with Crippen molar-refractivity contribution >= 4 is 21.8 Å². The number of hydrogen-bond donors (Lipinski definition) is 1. The summed E-state index contributed by atoms with van der Waals surface area (Å²) in [5.74, 6) is -0.0423. The Morgan fingerprint density at radius 2 is 1.70 bits per heavy atom. The molecule has 23 heavy (non-hydrogen) atoms. The predicted octanol–water partition coefficient (Wildman–Crippen LogP) is 3.93. The van der Waals surface area contributed by atoms with Gasteiger partial charge in [-0.2, -0.15) is 0 Å². The standard InChI is InChI=1S/C19H20BrNO2/c20-17-9-5-4-8-16(17)18(22)21-14-19(10-12-23-13-11-19)15-6-2-1-3-7-15/h1-9H,10-14H2,(H,21,22). The van der Waals surface area contributed by atoms with Crippen LogP contribution in [0.3, 0.4) is 0 Å². The third kappa shape index (κ3) is 3.65. The molecule has 1 aliphatic rings. The van der Waals surface area contributed by atoms with Gasteiger partial charge >= 0.3 is 0 Å². The lowest BCUT2D eigenvalue weighted by atomic mass is 9.74. The molecular formula is C19H20BrNO2. The molecule has 2 aromatic carbocycles. The lowest BCUT2D eigenvalue weighted by molar-refractivity contribution is 0.0487. The van der Waals surface area contributed by atoms with Crippen LogP contribution in [0.1, 0.15) is 28.8 Å². The van der Waals surface area contributed by atoms with Gasteiger partial charge < -0.3 is 10.1 Å². The molecule has 1 N–H and O–H groups in total. The van der Waals surface area contributed by atoms with Gasteiger partial charge in [0.25, 0.3) is 5.91 Å². The third-order valence-electron chi connectivity index (χ3n) is 4.54. The summed E-state index contributed by atoms with van der Waals surface area (Å²) in [6.45, 7) is 2.10. The monoisotopic (exact) mass is 373 g/mol. The van der Waals surface area contributed by atoms with Crippen LogP contribution < -0.4 is 5.32 Å². The first kappa shape index (κ1) is 16.2. The van der Waals surface area contributed by atoms with Crippen molar-refractivity contribution in [2.75, 3.05) is 19.8 Å². The molecule has 0 saturated carbocycles. The van der Waals surface area contributed by atoms with E-state index in [4.69, 9.17) is 4.74 Å². The van der Waals surface area contributed by atoms with E-state index < -0.39 is 0 Å². The Morgan fingerprint density at radius 1 is 1.04 bits per heavy atom. The number of benzene rings is 2. The van der Waals surface area contributed by atoms with E-state index in [0.717, 1.165) is 30.5 Å². The minimum atomic E-state index is -0.0452. The summed E-state index contributed by atoms with van der Waals surface area (Å²) in [6.07, 6.45) is 1.85. The summed E-state index contributed by atoms with van der Waals surface area (Å²) in [6, 6.07) is 17.9. The topological polar surface area (TPSA) is 38.3 Å². The smallest absolute Gasteiger partial charge is 0.252 e. The first-order valence-electron chi connectivity index (χ1n) is 7.87. The molecule has 1 fully saturated rings. The van der Waals surface area contributed by atoms with Crippen molar-refractivity contribution < 1.29 is 9.53 Å². The Hall–Kier alpha value is -1.65. The minimum absolute atomic E-state index is 0.0423. The Morgan fingerprint density at radius 3 is 2.39 bits per heavy atom. The normalized spacial score (nSPS) is 16.7. The summed E-state index contributed by atoms with van der Waals surface area (Å²) in [4.78, 5) is 12.5. The van der Waals surface area contributed by atoms with Gasteiger partial charge in [0.15, 0.2) is 0 Å². The maximum atomic E-state index is 12.5. The zero-order valence-electron chi connectivity index (χ0n) is 12.9. The highest BCUT2D eigenvalue weighted by atomic mass is 79.9. The van der Waals surface area contributed by atoms with Crippen molar-refractivity contribution in [1.82, 2.24) is 5.32 Å². The zero-order chi connectivity index (χ0) is 16.1. The number of halogens is 1. The first-order valence-corrected chi connectivity index (χ1v) is 8.67. The second-order valence-electron chi connectivity index (χ2n) is 5.92. The van der Waals surface area contributed by atoms with Crippen LogP contribution in [-0.2, 0) is 10.2 Å². The number of amides is 1. The SMILES string of the molecule is O=C(NCC1(c2ccccc2)CCOCC1)c1ccccc1Br. The van der Waals surface area contributed by atoms with E-state index in [2.05, 4.69) is 45.5 Å². The van der Waals surface area contributed by atoms with Crippen molar-refractivity contribution in [1.29, 1.82) is 0 Å². The van der Waals surface area contributed by atoms with Gasteiger partial charge in [-0.1, -0.05) is 42.5 Å². The molecule has 3 rings (SSSR count). The van der Waals surface area contributed by atoms with E-state index in [-0.39, 0.29) is 11.3 Å². The van der Waals surface area contributed by atoms with E-state index in [1.807, 2.05) is 30.3 Å². The fraction of sp³-hybridized carbons (Fsp3) is 0.316. The fourth-order valence-corrected chi connectivity index (χ4v) is 3.58. The second-order valence-corrected chi connectivity index (χ2v) is 6.78. The van der Waals surface area contributed by atoms with Crippen molar-refractivity contribution in [2.24, 2.45) is 0 Å². The molecule has 0 spiro atoms. The highest BCUT2D eigenvalue weighted by molar-refractivity contribution is 9.10. The highest BCUT2D eigenvalue weighted by Gasteiger charge is 2.34. The van der Waals surface area contributed by atoms with Crippen LogP contribution in [0.2, 0.25) is 0 Å². The number of carbonyl (C=O) groups excluding carboxylic acids is 1. The maximum absolute atomic E-state index is 12.5. The summed E-state index contributed by atoms with van der Waals surface area (Å²) >= 11 is 3.44. The molecule has 0 unspecified atom stereocenters. The molecule has 1 amide bonds. The maximum Gasteiger partial charge on any atom is 0.252 e. The third-order valence-corrected chi connectivity index (χ3v) is 5.23. The van der Waals surface area contributed by atoms with Gasteiger partial charge in [-0.25, -0.2) is 0 Å². The van der Waals surface area contributed by atoms with Gasteiger partial charge in [0, 0.05) is 29.6 Å². The van der Waals surface area contributed by atoms with Crippen LogP contribution in [0.25, 0.3) is 0 Å². The van der Waals surface area contributed by atoms with Crippen LogP contribution >= 0.6 is 15.9 Å². The number of carbonyl (C=O) groups is 1. The van der Waals surface area contributed by atoms with Crippen LogP contribution in [0.5, 0.6) is 0 Å². The lowest BCUT2D eigenvalue weighted by Gasteiger charge is -2.38. The molecule has 0 radical (unpaired) electrons. The van der Waals surface area contributed by atoms with Crippen molar-refractivity contribution in [3.8, 4) is 0 Å². The molecular weight excluding hydrogens is 354 g/mol.